The molecule has 0 saturated carbocycles. The lowest BCUT2D eigenvalue weighted by atomic mass is 9.90. The Kier molecular flexibility index (Phi) is 1.61. The standard InChI is InChI=1S/C11H13N3/c12-9-3-1-2-8-7-4-5-13-6-10(7)14-11(8)9/h1-3,7,13H,4-6,12H2. The van der Waals surface area contributed by atoms with Crippen LogP contribution in [0.5, 0.6) is 0 Å². The molecule has 3 heteroatoms. The number of rotatable bonds is 0. The zero-order valence-electron chi connectivity index (χ0n) is 7.96. The van der Waals surface area contributed by atoms with Gasteiger partial charge in [-0.15, -0.1) is 0 Å². The van der Waals surface area contributed by atoms with Crippen LogP contribution in [0.3, 0.4) is 0 Å². The van der Waals surface area contributed by atoms with Crippen molar-refractivity contribution < 1.29 is 0 Å². The van der Waals surface area contributed by atoms with Crippen LogP contribution in [0.4, 0.5) is 11.4 Å². The summed E-state index contributed by atoms with van der Waals surface area (Å²) in [6.07, 6.45) is 1.15. The van der Waals surface area contributed by atoms with Crippen molar-refractivity contribution in [2.24, 2.45) is 4.99 Å². The molecule has 3 nitrogen and oxygen atoms in total. The first-order valence-electron chi connectivity index (χ1n) is 5.03. The summed E-state index contributed by atoms with van der Waals surface area (Å²) in [6, 6.07) is 6.10. The van der Waals surface area contributed by atoms with Crippen LogP contribution in [-0.4, -0.2) is 18.8 Å². The fourth-order valence-electron chi connectivity index (χ4n) is 2.34. The smallest absolute Gasteiger partial charge is 0.0897 e. The van der Waals surface area contributed by atoms with Gasteiger partial charge in [0.05, 0.1) is 11.4 Å². The molecule has 2 aliphatic rings. The lowest BCUT2D eigenvalue weighted by Gasteiger charge is -2.20. The van der Waals surface area contributed by atoms with E-state index in [0.717, 1.165) is 30.9 Å². The summed E-state index contributed by atoms with van der Waals surface area (Å²) in [5, 5.41) is 3.34. The van der Waals surface area contributed by atoms with Crippen molar-refractivity contribution in [3.8, 4) is 0 Å². The number of aliphatic imine (C=N–C) groups is 1. The zero-order chi connectivity index (χ0) is 9.54. The van der Waals surface area contributed by atoms with Gasteiger partial charge in [-0.2, -0.15) is 0 Å². The van der Waals surface area contributed by atoms with Gasteiger partial charge in [-0.1, -0.05) is 12.1 Å². The molecule has 1 atom stereocenters. The third kappa shape index (κ3) is 0.990. The number of benzene rings is 1. The van der Waals surface area contributed by atoms with Gasteiger partial charge in [-0.05, 0) is 24.6 Å². The van der Waals surface area contributed by atoms with E-state index in [2.05, 4.69) is 16.4 Å². The van der Waals surface area contributed by atoms with Gasteiger partial charge in [0, 0.05) is 18.2 Å². The molecule has 0 spiro atoms. The molecule has 3 rings (SSSR count). The van der Waals surface area contributed by atoms with Gasteiger partial charge in [-0.3, -0.25) is 4.99 Å². The number of para-hydroxylation sites is 1. The summed E-state index contributed by atoms with van der Waals surface area (Å²) in [5.74, 6) is 0.523. The maximum absolute atomic E-state index is 5.90. The van der Waals surface area contributed by atoms with E-state index in [1.54, 1.807) is 0 Å². The number of nitrogen functional groups attached to an aromatic ring is 1. The van der Waals surface area contributed by atoms with Crippen molar-refractivity contribution in [2.75, 3.05) is 18.8 Å². The molecule has 0 radical (unpaired) electrons. The minimum Gasteiger partial charge on any atom is -0.397 e. The van der Waals surface area contributed by atoms with Crippen LogP contribution in [0.1, 0.15) is 17.9 Å². The molecule has 1 aromatic carbocycles. The van der Waals surface area contributed by atoms with Gasteiger partial charge in [0.2, 0.25) is 0 Å². The van der Waals surface area contributed by atoms with Crippen LogP contribution in [0.15, 0.2) is 23.2 Å². The number of nitrogens with two attached hydrogens (primary N) is 1. The fraction of sp³-hybridized carbons (Fsp3) is 0.364. The van der Waals surface area contributed by atoms with Crippen LogP contribution in [0, 0.1) is 0 Å². The number of nitrogens with zero attached hydrogens (tertiary/aromatic N) is 1. The van der Waals surface area contributed by atoms with Gasteiger partial charge in [0.1, 0.15) is 0 Å². The Morgan fingerprint density at radius 2 is 2.36 bits per heavy atom. The van der Waals surface area contributed by atoms with E-state index in [4.69, 9.17) is 5.73 Å². The molecule has 1 unspecified atom stereocenters. The van der Waals surface area contributed by atoms with Crippen molar-refractivity contribution in [1.29, 1.82) is 0 Å². The second-order valence-corrected chi connectivity index (χ2v) is 3.91. The highest BCUT2D eigenvalue weighted by Gasteiger charge is 2.29. The van der Waals surface area contributed by atoms with Crippen LogP contribution in [0.2, 0.25) is 0 Å². The molecule has 14 heavy (non-hydrogen) atoms. The van der Waals surface area contributed by atoms with Crippen LogP contribution in [-0.2, 0) is 0 Å². The summed E-state index contributed by atoms with van der Waals surface area (Å²) in [7, 11) is 0. The largest absolute Gasteiger partial charge is 0.397 e. The predicted octanol–water partition coefficient (Wildman–Crippen LogP) is 1.43. The summed E-state index contributed by atoms with van der Waals surface area (Å²) in [5.41, 5.74) is 10.3. The first-order valence-corrected chi connectivity index (χ1v) is 5.03. The second kappa shape index (κ2) is 2.82. The molecule has 0 amide bonds. The Morgan fingerprint density at radius 3 is 3.29 bits per heavy atom. The average molecular weight is 187 g/mol. The topological polar surface area (TPSA) is 50.4 Å². The maximum Gasteiger partial charge on any atom is 0.0897 e. The van der Waals surface area contributed by atoms with E-state index in [0.29, 0.717) is 5.92 Å². The highest BCUT2D eigenvalue weighted by Crippen LogP contribution is 2.41. The van der Waals surface area contributed by atoms with Crippen LogP contribution in [0.25, 0.3) is 0 Å². The molecular weight excluding hydrogens is 174 g/mol. The molecule has 1 fully saturated rings. The van der Waals surface area contributed by atoms with Crippen molar-refractivity contribution >= 4 is 17.1 Å². The Balaban J connectivity index is 2.13. The van der Waals surface area contributed by atoms with E-state index in [1.165, 1.54) is 11.3 Å². The summed E-state index contributed by atoms with van der Waals surface area (Å²) in [6.45, 7) is 2.00. The quantitative estimate of drug-likeness (QED) is 0.604. The highest BCUT2D eigenvalue weighted by molar-refractivity contribution is 6.01. The van der Waals surface area contributed by atoms with Crippen molar-refractivity contribution in [1.82, 2.24) is 5.32 Å². The van der Waals surface area contributed by atoms with Gasteiger partial charge in [-0.25, -0.2) is 0 Å². The number of hydrogen-bond donors (Lipinski definition) is 2. The lowest BCUT2D eigenvalue weighted by Crippen LogP contribution is -2.33. The number of nitrogens with one attached hydrogen (secondary N) is 1. The Morgan fingerprint density at radius 1 is 1.43 bits per heavy atom. The molecule has 2 aliphatic heterocycles. The summed E-state index contributed by atoms with van der Waals surface area (Å²) < 4.78 is 0. The average Bonchev–Trinajstić information content (AvgIpc) is 2.59. The molecule has 3 N–H and O–H groups in total. The van der Waals surface area contributed by atoms with Crippen LogP contribution >= 0.6 is 0 Å². The molecule has 0 aromatic heterocycles. The number of hydrogen-bond acceptors (Lipinski definition) is 3. The van der Waals surface area contributed by atoms with Crippen molar-refractivity contribution in [3.63, 3.8) is 0 Å². The summed E-state index contributed by atoms with van der Waals surface area (Å²) >= 11 is 0. The number of piperidine rings is 1. The second-order valence-electron chi connectivity index (χ2n) is 3.91. The van der Waals surface area contributed by atoms with Crippen molar-refractivity contribution in [3.05, 3.63) is 23.8 Å². The lowest BCUT2D eigenvalue weighted by molar-refractivity contribution is 0.631. The van der Waals surface area contributed by atoms with Crippen LogP contribution < -0.4 is 11.1 Å². The van der Waals surface area contributed by atoms with Gasteiger partial charge >= 0.3 is 0 Å². The Hall–Kier alpha value is -1.35. The van der Waals surface area contributed by atoms with E-state index in [-0.39, 0.29) is 0 Å². The monoisotopic (exact) mass is 187 g/mol. The minimum absolute atomic E-state index is 0.523. The third-order valence-electron chi connectivity index (χ3n) is 3.05. The molecule has 1 saturated heterocycles. The van der Waals surface area contributed by atoms with Gasteiger partial charge < -0.3 is 11.1 Å². The van der Waals surface area contributed by atoms with E-state index < -0.39 is 0 Å². The molecule has 0 bridgehead atoms. The maximum atomic E-state index is 5.90. The van der Waals surface area contributed by atoms with Gasteiger partial charge in [0.25, 0.3) is 0 Å². The predicted molar refractivity (Wildman–Crippen MR) is 58.2 cm³/mol. The van der Waals surface area contributed by atoms with E-state index in [9.17, 15) is 0 Å². The molecule has 72 valence electrons. The van der Waals surface area contributed by atoms with E-state index >= 15 is 0 Å². The normalized spacial score (nSPS) is 24.0. The molecule has 2 heterocycles. The molecular formula is C11H13N3. The molecule has 1 aromatic rings. The first kappa shape index (κ1) is 8.00. The molecule has 0 aliphatic carbocycles. The number of fused-ring (bicyclic) bond motifs is 3. The minimum atomic E-state index is 0.523. The highest BCUT2D eigenvalue weighted by atomic mass is 14.9. The fourth-order valence-corrected chi connectivity index (χ4v) is 2.34. The van der Waals surface area contributed by atoms with Gasteiger partial charge in [0.15, 0.2) is 0 Å². The Bertz CT molecular complexity index is 409. The zero-order valence-corrected chi connectivity index (χ0v) is 7.96. The Labute approximate surface area is 83.0 Å². The van der Waals surface area contributed by atoms with E-state index in [1.807, 2.05) is 12.1 Å². The summed E-state index contributed by atoms with van der Waals surface area (Å²) in [4.78, 5) is 4.60. The first-order chi connectivity index (χ1) is 6.86. The van der Waals surface area contributed by atoms with Crippen molar-refractivity contribution in [2.45, 2.75) is 12.3 Å². The SMILES string of the molecule is Nc1cccc2c1N=C1CNCCC12. The number of anilines is 1. The third-order valence-corrected chi connectivity index (χ3v) is 3.05.